The molecule has 0 aliphatic carbocycles. The van der Waals surface area contributed by atoms with E-state index in [9.17, 15) is 4.79 Å². The third-order valence-corrected chi connectivity index (χ3v) is 6.05. The maximum atomic E-state index is 11.6. The number of anilines is 1. The Morgan fingerprint density at radius 2 is 2.15 bits per heavy atom. The monoisotopic (exact) mass is 391 g/mol. The minimum Gasteiger partial charge on any atom is -0.355 e. The van der Waals surface area contributed by atoms with E-state index in [-0.39, 0.29) is 16.1 Å². The summed E-state index contributed by atoms with van der Waals surface area (Å²) >= 11 is 7.33. The lowest BCUT2D eigenvalue weighted by Crippen LogP contribution is -2.48. The first-order valence-corrected chi connectivity index (χ1v) is 9.42. The van der Waals surface area contributed by atoms with Gasteiger partial charge in [-0.15, -0.1) is 0 Å². The number of piperidine rings is 1. The van der Waals surface area contributed by atoms with E-state index in [1.54, 1.807) is 18.5 Å². The lowest BCUT2D eigenvalue weighted by molar-refractivity contribution is 0.363. The molecule has 0 bridgehead atoms. The fourth-order valence-corrected chi connectivity index (χ4v) is 3.96. The highest BCUT2D eigenvalue weighted by atomic mass is 35.5. The van der Waals surface area contributed by atoms with Crippen molar-refractivity contribution in [2.75, 3.05) is 18.0 Å². The van der Waals surface area contributed by atoms with E-state index < -0.39 is 0 Å². The molecule has 1 aliphatic rings. The molecular formula is C16H18ClN7OS. The Hall–Kier alpha value is -2.10. The minimum absolute atomic E-state index is 0.112. The average Bonchev–Trinajstić information content (AvgIpc) is 3.01. The molecule has 3 aromatic rings. The van der Waals surface area contributed by atoms with Gasteiger partial charge in [0.15, 0.2) is 10.7 Å². The van der Waals surface area contributed by atoms with E-state index in [1.165, 1.54) is 11.8 Å². The fourth-order valence-electron chi connectivity index (χ4n) is 2.87. The maximum absolute atomic E-state index is 11.6. The van der Waals surface area contributed by atoms with Crippen LogP contribution in [0.25, 0.3) is 11.2 Å². The van der Waals surface area contributed by atoms with Gasteiger partial charge in [0.2, 0.25) is 0 Å². The predicted octanol–water partition coefficient (Wildman–Crippen LogP) is 2.16. The van der Waals surface area contributed by atoms with Gasteiger partial charge in [-0.05, 0) is 25.8 Å². The van der Waals surface area contributed by atoms with Gasteiger partial charge in [0.05, 0.1) is 6.20 Å². The smallest absolute Gasteiger partial charge is 0.267 e. The highest BCUT2D eigenvalue weighted by molar-refractivity contribution is 7.99. The van der Waals surface area contributed by atoms with Gasteiger partial charge in [0, 0.05) is 29.7 Å². The van der Waals surface area contributed by atoms with E-state index >= 15 is 0 Å². The Kier molecular flexibility index (Phi) is 4.37. The molecule has 1 fully saturated rings. The molecule has 136 valence electrons. The van der Waals surface area contributed by atoms with Crippen LogP contribution < -0.4 is 16.2 Å². The van der Waals surface area contributed by atoms with Crippen molar-refractivity contribution in [3.8, 4) is 0 Å². The Balaban J connectivity index is 1.60. The van der Waals surface area contributed by atoms with Crippen LogP contribution in [0.5, 0.6) is 0 Å². The largest absolute Gasteiger partial charge is 0.355 e. The number of aromatic nitrogens is 5. The summed E-state index contributed by atoms with van der Waals surface area (Å²) in [5.74, 6) is 0.808. The van der Waals surface area contributed by atoms with E-state index in [1.807, 2.05) is 0 Å². The molecule has 26 heavy (non-hydrogen) atoms. The van der Waals surface area contributed by atoms with Gasteiger partial charge in [-0.25, -0.2) is 9.97 Å². The van der Waals surface area contributed by atoms with Gasteiger partial charge in [-0.3, -0.25) is 9.89 Å². The molecule has 10 heteroatoms. The molecule has 0 amide bonds. The van der Waals surface area contributed by atoms with E-state index in [0.717, 1.165) is 31.7 Å². The maximum Gasteiger partial charge on any atom is 0.267 e. The Bertz CT molecular complexity index is 1010. The number of fused-ring (bicyclic) bond motifs is 1. The first-order valence-electron chi connectivity index (χ1n) is 8.23. The molecule has 3 aromatic heterocycles. The second kappa shape index (κ2) is 6.57. The number of hydrogen-bond donors (Lipinski definition) is 3. The fraction of sp³-hybridized carbons (Fsp3) is 0.375. The van der Waals surface area contributed by atoms with Gasteiger partial charge in [-0.2, -0.15) is 5.10 Å². The lowest BCUT2D eigenvalue weighted by Gasteiger charge is -2.37. The first kappa shape index (κ1) is 17.3. The minimum atomic E-state index is -0.332. The SMILES string of the molecule is CC1(N)CCN(c2cnc3c(Sc4cc[nH]c(=O)c4Cl)n[nH]c3n2)CC1. The van der Waals surface area contributed by atoms with Crippen molar-refractivity contribution in [2.24, 2.45) is 5.73 Å². The van der Waals surface area contributed by atoms with Crippen LogP contribution in [0.15, 0.2) is 33.2 Å². The number of H-pyrrole nitrogens is 2. The molecule has 4 heterocycles. The summed E-state index contributed by atoms with van der Waals surface area (Å²) in [6.45, 7) is 3.79. The molecule has 0 radical (unpaired) electrons. The number of nitrogens with zero attached hydrogens (tertiary/aromatic N) is 4. The number of hydrogen-bond acceptors (Lipinski definition) is 7. The second-order valence-corrected chi connectivity index (χ2v) is 8.09. The summed E-state index contributed by atoms with van der Waals surface area (Å²) in [7, 11) is 0. The summed E-state index contributed by atoms with van der Waals surface area (Å²) in [6, 6.07) is 1.73. The predicted molar refractivity (Wildman–Crippen MR) is 102 cm³/mol. The summed E-state index contributed by atoms with van der Waals surface area (Å²) in [6.07, 6.45) is 5.13. The normalized spacial score (nSPS) is 17.0. The molecule has 8 nitrogen and oxygen atoms in total. The Labute approximate surface area is 158 Å². The number of nitrogens with one attached hydrogen (secondary N) is 2. The van der Waals surface area contributed by atoms with E-state index in [2.05, 4.69) is 37.0 Å². The number of pyridine rings is 1. The molecular weight excluding hydrogens is 374 g/mol. The van der Waals surface area contributed by atoms with Gasteiger partial charge in [-0.1, -0.05) is 23.4 Å². The van der Waals surface area contributed by atoms with Crippen LogP contribution >= 0.6 is 23.4 Å². The van der Waals surface area contributed by atoms with Crippen LogP contribution in [-0.2, 0) is 0 Å². The van der Waals surface area contributed by atoms with Crippen LogP contribution in [0.4, 0.5) is 5.82 Å². The third-order valence-electron chi connectivity index (χ3n) is 4.53. The first-order chi connectivity index (χ1) is 12.4. The number of rotatable bonds is 3. The molecule has 0 saturated carbocycles. The van der Waals surface area contributed by atoms with Crippen LogP contribution in [-0.4, -0.2) is 43.8 Å². The number of aromatic amines is 2. The van der Waals surface area contributed by atoms with Crippen molar-refractivity contribution >= 4 is 40.3 Å². The standard InChI is InChI=1S/C16H18ClN7OS/c1-16(18)3-6-24(7-4-16)10-8-20-12-13(21-10)22-23-15(12)26-9-2-5-19-14(25)11(9)17/h2,5,8H,3-4,6-7,18H2,1H3,(H,19,25)(H,21,22,23). The van der Waals surface area contributed by atoms with Crippen LogP contribution in [0.3, 0.4) is 0 Å². The van der Waals surface area contributed by atoms with Gasteiger partial charge < -0.3 is 15.6 Å². The summed E-state index contributed by atoms with van der Waals surface area (Å²) in [5.41, 5.74) is 7.00. The number of nitrogens with two attached hydrogens (primary N) is 1. The molecule has 4 N–H and O–H groups in total. The molecule has 1 aliphatic heterocycles. The highest BCUT2D eigenvalue weighted by Crippen LogP contribution is 2.33. The summed E-state index contributed by atoms with van der Waals surface area (Å²) in [4.78, 5) is 26.1. The topological polar surface area (TPSA) is 117 Å². The summed E-state index contributed by atoms with van der Waals surface area (Å²) < 4.78 is 0. The van der Waals surface area contributed by atoms with Crippen LogP contribution in [0.1, 0.15) is 19.8 Å². The second-order valence-electron chi connectivity index (χ2n) is 6.68. The molecule has 0 atom stereocenters. The molecule has 4 rings (SSSR count). The van der Waals surface area contributed by atoms with E-state index in [4.69, 9.17) is 17.3 Å². The Morgan fingerprint density at radius 3 is 2.92 bits per heavy atom. The van der Waals surface area contributed by atoms with Crippen molar-refractivity contribution in [1.29, 1.82) is 0 Å². The Morgan fingerprint density at radius 1 is 1.38 bits per heavy atom. The zero-order chi connectivity index (χ0) is 18.3. The molecule has 0 unspecified atom stereocenters. The van der Waals surface area contributed by atoms with Crippen molar-refractivity contribution in [1.82, 2.24) is 25.1 Å². The van der Waals surface area contributed by atoms with Crippen LogP contribution in [0, 0.1) is 0 Å². The zero-order valence-electron chi connectivity index (χ0n) is 14.1. The lowest BCUT2D eigenvalue weighted by atomic mass is 9.91. The van der Waals surface area contributed by atoms with Crippen molar-refractivity contribution in [2.45, 2.75) is 35.2 Å². The van der Waals surface area contributed by atoms with Gasteiger partial charge in [0.25, 0.3) is 5.56 Å². The average molecular weight is 392 g/mol. The zero-order valence-corrected chi connectivity index (χ0v) is 15.7. The van der Waals surface area contributed by atoms with Crippen molar-refractivity contribution in [3.05, 3.63) is 33.8 Å². The quantitative estimate of drug-likeness (QED) is 0.626. The highest BCUT2D eigenvalue weighted by Gasteiger charge is 2.27. The van der Waals surface area contributed by atoms with Crippen LogP contribution in [0.2, 0.25) is 5.02 Å². The van der Waals surface area contributed by atoms with Gasteiger partial charge >= 0.3 is 0 Å². The third kappa shape index (κ3) is 3.29. The molecule has 1 saturated heterocycles. The number of halogens is 1. The molecule has 0 aromatic carbocycles. The summed E-state index contributed by atoms with van der Waals surface area (Å²) in [5, 5.41) is 7.95. The van der Waals surface area contributed by atoms with Crippen molar-refractivity contribution in [3.63, 3.8) is 0 Å². The van der Waals surface area contributed by atoms with Crippen molar-refractivity contribution < 1.29 is 0 Å². The van der Waals surface area contributed by atoms with E-state index in [0.29, 0.717) is 21.1 Å². The molecule has 0 spiro atoms. The van der Waals surface area contributed by atoms with Gasteiger partial charge in [0.1, 0.15) is 16.4 Å².